The molecule has 0 aliphatic heterocycles. The average molecular weight is 417 g/mol. The Morgan fingerprint density at radius 3 is 2.70 bits per heavy atom. The van der Waals surface area contributed by atoms with Crippen LogP contribution in [-0.2, 0) is 0 Å². The fourth-order valence-corrected chi connectivity index (χ4v) is 3.50. The van der Waals surface area contributed by atoms with Gasteiger partial charge in [0.1, 0.15) is 11.8 Å². The van der Waals surface area contributed by atoms with E-state index in [0.717, 1.165) is 17.0 Å². The second kappa shape index (κ2) is 8.87. The number of hydrogen-bond acceptors (Lipinski definition) is 6. The van der Waals surface area contributed by atoms with Crippen molar-refractivity contribution in [2.24, 2.45) is 5.10 Å². The zero-order valence-corrected chi connectivity index (χ0v) is 16.6. The lowest BCUT2D eigenvalue weighted by Gasteiger charge is -2.04. The summed E-state index contributed by atoms with van der Waals surface area (Å²) < 4.78 is 5.40. The first-order valence-corrected chi connectivity index (χ1v) is 9.62. The molecule has 136 valence electrons. The van der Waals surface area contributed by atoms with Gasteiger partial charge in [-0.25, -0.2) is 4.98 Å². The second-order valence-corrected chi connectivity index (χ2v) is 7.01. The van der Waals surface area contributed by atoms with Crippen LogP contribution in [0.3, 0.4) is 0 Å². The van der Waals surface area contributed by atoms with Crippen molar-refractivity contribution < 1.29 is 4.74 Å². The summed E-state index contributed by atoms with van der Waals surface area (Å²) in [6, 6.07) is 14.6. The summed E-state index contributed by atoms with van der Waals surface area (Å²) in [6.45, 7) is 2.53. The van der Waals surface area contributed by atoms with E-state index in [0.29, 0.717) is 27.4 Å². The number of halogens is 2. The molecule has 27 heavy (non-hydrogen) atoms. The third kappa shape index (κ3) is 4.77. The predicted octanol–water partition coefficient (Wildman–Crippen LogP) is 5.86. The highest BCUT2D eigenvalue weighted by molar-refractivity contribution is 7.12. The zero-order chi connectivity index (χ0) is 19.2. The number of nitrogens with zero attached hydrogens (tertiary/aromatic N) is 3. The minimum atomic E-state index is 0.185. The number of benzene rings is 2. The fraction of sp³-hybridized carbons (Fsp3) is 0.105. The molecule has 0 bridgehead atoms. The molecule has 0 aliphatic rings. The maximum atomic E-state index is 9.42. The van der Waals surface area contributed by atoms with E-state index in [1.54, 1.807) is 18.2 Å². The largest absolute Gasteiger partial charge is 0.494 e. The number of hydrazone groups is 1. The SMILES string of the molecule is CCOc1ccc(N/N=C(\C#N)c2nc(-c3ccc(Cl)cc3Cl)cs2)cc1. The first kappa shape index (κ1) is 19.2. The molecule has 0 radical (unpaired) electrons. The monoisotopic (exact) mass is 416 g/mol. The lowest BCUT2D eigenvalue weighted by atomic mass is 10.2. The third-order valence-corrected chi connectivity index (χ3v) is 4.88. The van der Waals surface area contributed by atoms with E-state index in [2.05, 4.69) is 21.6 Å². The van der Waals surface area contributed by atoms with Gasteiger partial charge in [0, 0.05) is 16.0 Å². The molecule has 5 nitrogen and oxygen atoms in total. The highest BCUT2D eigenvalue weighted by Crippen LogP contribution is 2.31. The van der Waals surface area contributed by atoms with Crippen molar-refractivity contribution in [3.63, 3.8) is 0 Å². The number of ether oxygens (including phenoxy) is 1. The minimum absolute atomic E-state index is 0.185. The smallest absolute Gasteiger partial charge is 0.196 e. The molecule has 1 N–H and O–H groups in total. The summed E-state index contributed by atoms with van der Waals surface area (Å²) in [5.74, 6) is 0.775. The molecular formula is C19H14Cl2N4OS. The molecule has 2 aromatic carbocycles. The normalized spacial score (nSPS) is 11.1. The van der Waals surface area contributed by atoms with Crippen molar-refractivity contribution in [1.82, 2.24) is 4.98 Å². The Hall–Kier alpha value is -2.59. The van der Waals surface area contributed by atoms with Crippen molar-refractivity contribution in [2.45, 2.75) is 6.92 Å². The minimum Gasteiger partial charge on any atom is -0.494 e. The Labute approximate surface area is 170 Å². The van der Waals surface area contributed by atoms with Crippen LogP contribution in [0.2, 0.25) is 10.0 Å². The molecule has 0 fully saturated rings. The van der Waals surface area contributed by atoms with E-state index in [-0.39, 0.29) is 5.71 Å². The zero-order valence-electron chi connectivity index (χ0n) is 14.2. The average Bonchev–Trinajstić information content (AvgIpc) is 3.13. The van der Waals surface area contributed by atoms with Crippen molar-refractivity contribution in [3.8, 4) is 23.1 Å². The number of rotatable bonds is 6. The van der Waals surface area contributed by atoms with E-state index in [4.69, 9.17) is 27.9 Å². The Kier molecular flexibility index (Phi) is 6.30. The van der Waals surface area contributed by atoms with E-state index < -0.39 is 0 Å². The predicted molar refractivity (Wildman–Crippen MR) is 111 cm³/mol. The van der Waals surface area contributed by atoms with Crippen LogP contribution in [0.1, 0.15) is 11.9 Å². The summed E-state index contributed by atoms with van der Waals surface area (Å²) in [5, 5.41) is 17.0. The van der Waals surface area contributed by atoms with Gasteiger partial charge in [0.2, 0.25) is 0 Å². The molecule has 0 unspecified atom stereocenters. The third-order valence-electron chi connectivity index (χ3n) is 3.48. The summed E-state index contributed by atoms with van der Waals surface area (Å²) in [7, 11) is 0. The molecule has 0 saturated carbocycles. The van der Waals surface area contributed by atoms with E-state index >= 15 is 0 Å². The van der Waals surface area contributed by atoms with Gasteiger partial charge in [-0.1, -0.05) is 23.2 Å². The lowest BCUT2D eigenvalue weighted by molar-refractivity contribution is 0.340. The van der Waals surface area contributed by atoms with Crippen LogP contribution < -0.4 is 10.2 Å². The lowest BCUT2D eigenvalue weighted by Crippen LogP contribution is -2.01. The van der Waals surface area contributed by atoms with Gasteiger partial charge in [-0.2, -0.15) is 10.4 Å². The Morgan fingerprint density at radius 2 is 2.04 bits per heavy atom. The molecule has 1 aromatic heterocycles. The van der Waals surface area contributed by atoms with Crippen molar-refractivity contribution in [2.75, 3.05) is 12.0 Å². The molecule has 1 heterocycles. The summed E-state index contributed by atoms with van der Waals surface area (Å²) >= 11 is 13.5. The van der Waals surface area contributed by atoms with Gasteiger partial charge in [-0.3, -0.25) is 5.43 Å². The molecule has 3 rings (SSSR count). The van der Waals surface area contributed by atoms with Gasteiger partial charge in [0.15, 0.2) is 10.7 Å². The molecule has 8 heteroatoms. The van der Waals surface area contributed by atoms with E-state index in [1.165, 1.54) is 11.3 Å². The molecular weight excluding hydrogens is 403 g/mol. The van der Waals surface area contributed by atoms with Crippen LogP contribution in [0.25, 0.3) is 11.3 Å². The summed E-state index contributed by atoms with van der Waals surface area (Å²) in [4.78, 5) is 4.47. The number of nitrogens with one attached hydrogen (secondary N) is 1. The maximum Gasteiger partial charge on any atom is 0.196 e. The Balaban J connectivity index is 1.78. The maximum absolute atomic E-state index is 9.42. The van der Waals surface area contributed by atoms with Gasteiger partial charge in [0.25, 0.3) is 0 Å². The standard InChI is InChI=1S/C19H14Cl2N4OS/c1-2-26-14-6-4-13(5-7-14)24-25-17(10-22)19-23-18(11-27-19)15-8-3-12(20)9-16(15)21/h3-9,11,24H,2H2,1H3/b25-17+. The van der Waals surface area contributed by atoms with Gasteiger partial charge in [-0.05, 0) is 49.4 Å². The number of aromatic nitrogens is 1. The number of anilines is 1. The molecule has 0 atom stereocenters. The Bertz CT molecular complexity index is 1010. The van der Waals surface area contributed by atoms with E-state index in [1.807, 2.05) is 36.6 Å². The first-order valence-electron chi connectivity index (χ1n) is 7.98. The van der Waals surface area contributed by atoms with Crippen LogP contribution in [0.15, 0.2) is 52.9 Å². The highest BCUT2D eigenvalue weighted by atomic mass is 35.5. The number of thiazole rings is 1. The van der Waals surface area contributed by atoms with E-state index in [9.17, 15) is 5.26 Å². The second-order valence-electron chi connectivity index (χ2n) is 5.30. The van der Waals surface area contributed by atoms with Crippen LogP contribution in [0.4, 0.5) is 5.69 Å². The number of hydrogen-bond donors (Lipinski definition) is 1. The topological polar surface area (TPSA) is 70.3 Å². The number of nitriles is 1. The summed E-state index contributed by atoms with van der Waals surface area (Å²) in [5.41, 5.74) is 5.21. The van der Waals surface area contributed by atoms with Gasteiger partial charge < -0.3 is 4.74 Å². The molecule has 0 amide bonds. The quantitative estimate of drug-likeness (QED) is 0.403. The van der Waals surface area contributed by atoms with Crippen molar-refractivity contribution in [1.29, 1.82) is 5.26 Å². The molecule has 3 aromatic rings. The van der Waals surface area contributed by atoms with Crippen LogP contribution in [0.5, 0.6) is 5.75 Å². The fourth-order valence-electron chi connectivity index (χ4n) is 2.24. The van der Waals surface area contributed by atoms with Gasteiger partial charge >= 0.3 is 0 Å². The highest BCUT2D eigenvalue weighted by Gasteiger charge is 2.13. The Morgan fingerprint density at radius 1 is 1.26 bits per heavy atom. The van der Waals surface area contributed by atoms with Gasteiger partial charge in [0.05, 0.1) is 23.0 Å². The van der Waals surface area contributed by atoms with Gasteiger partial charge in [-0.15, -0.1) is 11.3 Å². The first-order chi connectivity index (χ1) is 13.1. The van der Waals surface area contributed by atoms with Crippen molar-refractivity contribution in [3.05, 3.63) is 62.9 Å². The van der Waals surface area contributed by atoms with Crippen molar-refractivity contribution >= 4 is 45.9 Å². The molecule has 0 saturated heterocycles. The molecule has 0 spiro atoms. The molecule has 0 aliphatic carbocycles. The van der Waals surface area contributed by atoms with Crippen LogP contribution >= 0.6 is 34.5 Å². The van der Waals surface area contributed by atoms with Crippen LogP contribution in [-0.4, -0.2) is 17.3 Å². The summed E-state index contributed by atoms with van der Waals surface area (Å²) in [6.07, 6.45) is 0. The van der Waals surface area contributed by atoms with Crippen LogP contribution in [0, 0.1) is 11.3 Å².